The van der Waals surface area contributed by atoms with Crippen LogP contribution >= 0.6 is 11.8 Å². The number of thioether (sulfide) groups is 1. The molecule has 0 bridgehead atoms. The van der Waals surface area contributed by atoms with Crippen LogP contribution in [-0.4, -0.2) is 35.3 Å². The fraction of sp³-hybridized carbons (Fsp3) is 0.273. The zero-order valence-corrected chi connectivity index (χ0v) is 11.2. The highest BCUT2D eigenvalue weighted by Crippen LogP contribution is 2.18. The summed E-state index contributed by atoms with van der Waals surface area (Å²) in [4.78, 5) is 37.7. The zero-order chi connectivity index (χ0) is 14.4. The molecule has 1 aromatic heterocycles. The van der Waals surface area contributed by atoms with Crippen molar-refractivity contribution >= 4 is 29.7 Å². The number of esters is 1. The van der Waals surface area contributed by atoms with Gasteiger partial charge in [0.25, 0.3) is 5.91 Å². The third-order valence-corrected chi connectivity index (χ3v) is 2.80. The number of nitrogens with one attached hydrogen (secondary N) is 1. The van der Waals surface area contributed by atoms with Crippen LogP contribution in [0.1, 0.15) is 17.3 Å². The van der Waals surface area contributed by atoms with E-state index in [1.165, 1.54) is 18.7 Å². The first kappa shape index (κ1) is 15.0. The number of carbonyl (C=O) groups is 3. The number of hydrogen-bond acceptors (Lipinski definition) is 6. The molecule has 7 nitrogen and oxygen atoms in total. The summed E-state index contributed by atoms with van der Waals surface area (Å²) in [6.07, 6.45) is 2.18. The number of amides is 3. The van der Waals surface area contributed by atoms with Crippen LogP contribution < -0.4 is 11.1 Å². The van der Waals surface area contributed by atoms with Gasteiger partial charge in [-0.15, -0.1) is 11.8 Å². The van der Waals surface area contributed by atoms with E-state index in [1.807, 2.05) is 5.32 Å². The number of ether oxygens (including phenoxy) is 1. The summed E-state index contributed by atoms with van der Waals surface area (Å²) in [7, 11) is 0. The first-order chi connectivity index (χ1) is 8.95. The number of imide groups is 1. The smallest absolute Gasteiger partial charge is 0.341 e. The molecular weight excluding hydrogens is 270 g/mol. The van der Waals surface area contributed by atoms with Crippen molar-refractivity contribution in [3.63, 3.8) is 0 Å². The second-order valence-electron chi connectivity index (χ2n) is 3.46. The molecule has 1 heterocycles. The van der Waals surface area contributed by atoms with Gasteiger partial charge in [0.15, 0.2) is 6.10 Å². The van der Waals surface area contributed by atoms with Crippen LogP contribution in [-0.2, 0) is 9.53 Å². The highest BCUT2D eigenvalue weighted by Gasteiger charge is 2.21. The van der Waals surface area contributed by atoms with Gasteiger partial charge in [-0.2, -0.15) is 0 Å². The van der Waals surface area contributed by atoms with Gasteiger partial charge >= 0.3 is 12.0 Å². The molecular formula is C11H13N3O4S. The summed E-state index contributed by atoms with van der Waals surface area (Å²) in [5.74, 6) is -1.47. The first-order valence-corrected chi connectivity index (χ1v) is 6.48. The van der Waals surface area contributed by atoms with Gasteiger partial charge in [0, 0.05) is 6.20 Å². The first-order valence-electron chi connectivity index (χ1n) is 5.26. The lowest BCUT2D eigenvalue weighted by atomic mass is 10.3. The average molecular weight is 283 g/mol. The van der Waals surface area contributed by atoms with Crippen molar-refractivity contribution in [2.45, 2.75) is 18.1 Å². The quantitative estimate of drug-likeness (QED) is 0.616. The number of primary amides is 1. The summed E-state index contributed by atoms with van der Waals surface area (Å²) in [6.45, 7) is 1.34. The molecule has 0 aliphatic heterocycles. The maximum atomic E-state index is 11.9. The number of nitrogens with two attached hydrogens (primary N) is 1. The van der Waals surface area contributed by atoms with Crippen LogP contribution in [0.5, 0.6) is 0 Å². The topological polar surface area (TPSA) is 111 Å². The highest BCUT2D eigenvalue weighted by molar-refractivity contribution is 7.98. The Kier molecular flexibility index (Phi) is 5.31. The largest absolute Gasteiger partial charge is 0.449 e. The molecule has 0 radical (unpaired) electrons. The Labute approximate surface area is 113 Å². The fourth-order valence-corrected chi connectivity index (χ4v) is 1.75. The minimum Gasteiger partial charge on any atom is -0.449 e. The van der Waals surface area contributed by atoms with Gasteiger partial charge in [-0.3, -0.25) is 10.1 Å². The molecule has 0 saturated heterocycles. The minimum atomic E-state index is -1.13. The predicted molar refractivity (Wildman–Crippen MR) is 68.6 cm³/mol. The van der Waals surface area contributed by atoms with E-state index in [-0.39, 0.29) is 5.56 Å². The molecule has 1 aromatic rings. The van der Waals surface area contributed by atoms with Gasteiger partial charge in [-0.25, -0.2) is 14.6 Å². The number of aromatic nitrogens is 1. The van der Waals surface area contributed by atoms with E-state index in [2.05, 4.69) is 4.98 Å². The zero-order valence-electron chi connectivity index (χ0n) is 10.4. The number of carbonyl (C=O) groups excluding carboxylic acids is 3. The third-order valence-electron chi connectivity index (χ3n) is 2.08. The number of rotatable bonds is 4. The average Bonchev–Trinajstić information content (AvgIpc) is 2.37. The van der Waals surface area contributed by atoms with Crippen molar-refractivity contribution in [3.8, 4) is 0 Å². The van der Waals surface area contributed by atoms with Crippen LogP contribution in [0.25, 0.3) is 0 Å². The molecule has 0 unspecified atom stereocenters. The van der Waals surface area contributed by atoms with Crippen LogP contribution in [0.4, 0.5) is 4.79 Å². The van der Waals surface area contributed by atoms with E-state index in [0.29, 0.717) is 5.03 Å². The second kappa shape index (κ2) is 6.74. The monoisotopic (exact) mass is 283 g/mol. The normalized spacial score (nSPS) is 11.5. The Bertz CT molecular complexity index is 506. The van der Waals surface area contributed by atoms with Crippen molar-refractivity contribution in [2.75, 3.05) is 6.26 Å². The van der Waals surface area contributed by atoms with Crippen LogP contribution in [0.15, 0.2) is 23.4 Å². The van der Waals surface area contributed by atoms with E-state index in [4.69, 9.17) is 10.5 Å². The number of nitrogens with zero attached hydrogens (tertiary/aromatic N) is 1. The molecule has 19 heavy (non-hydrogen) atoms. The molecule has 1 rings (SSSR count). The Morgan fingerprint density at radius 2 is 2.16 bits per heavy atom. The molecule has 0 aliphatic carbocycles. The maximum absolute atomic E-state index is 11.9. The summed E-state index contributed by atoms with van der Waals surface area (Å²) < 4.78 is 4.93. The predicted octanol–water partition coefficient (Wildman–Crippen LogP) is 0.544. The van der Waals surface area contributed by atoms with Crippen molar-refractivity contribution in [1.82, 2.24) is 10.3 Å². The van der Waals surface area contributed by atoms with E-state index < -0.39 is 24.0 Å². The Hall–Kier alpha value is -2.09. The van der Waals surface area contributed by atoms with Gasteiger partial charge in [-0.1, -0.05) is 0 Å². The van der Waals surface area contributed by atoms with Crippen LogP contribution in [0, 0.1) is 0 Å². The molecule has 0 spiro atoms. The number of pyridine rings is 1. The van der Waals surface area contributed by atoms with E-state index in [1.54, 1.807) is 24.6 Å². The molecule has 0 saturated carbocycles. The maximum Gasteiger partial charge on any atom is 0.341 e. The minimum absolute atomic E-state index is 0.258. The van der Waals surface area contributed by atoms with E-state index in [0.717, 1.165) is 0 Å². The lowest BCUT2D eigenvalue weighted by Gasteiger charge is -2.12. The lowest BCUT2D eigenvalue weighted by molar-refractivity contribution is -0.127. The number of urea groups is 1. The molecule has 3 amide bonds. The van der Waals surface area contributed by atoms with Crippen LogP contribution in [0.3, 0.4) is 0 Å². The van der Waals surface area contributed by atoms with Gasteiger partial charge < -0.3 is 10.5 Å². The lowest BCUT2D eigenvalue weighted by Crippen LogP contribution is -2.42. The molecule has 102 valence electrons. The Morgan fingerprint density at radius 3 is 2.74 bits per heavy atom. The SMILES string of the molecule is CSc1ncccc1C(=O)O[C@@H](C)C(=O)NC(N)=O. The standard InChI is InChI=1S/C11H13N3O4S/c1-6(8(15)14-11(12)17)18-10(16)7-4-3-5-13-9(7)19-2/h3-6H,1-2H3,(H3,12,14,15,17)/t6-/m0/s1. The Morgan fingerprint density at radius 1 is 1.47 bits per heavy atom. The summed E-state index contributed by atoms with van der Waals surface area (Å²) in [6, 6.07) is 2.13. The van der Waals surface area contributed by atoms with Gasteiger partial charge in [0.05, 0.1) is 5.56 Å². The van der Waals surface area contributed by atoms with E-state index >= 15 is 0 Å². The molecule has 3 N–H and O–H groups in total. The summed E-state index contributed by atoms with van der Waals surface area (Å²) in [5, 5.41) is 2.33. The van der Waals surface area contributed by atoms with Crippen molar-refractivity contribution in [1.29, 1.82) is 0 Å². The second-order valence-corrected chi connectivity index (χ2v) is 4.26. The van der Waals surface area contributed by atoms with Gasteiger partial charge in [0.2, 0.25) is 0 Å². The molecule has 8 heteroatoms. The third kappa shape index (κ3) is 4.25. The van der Waals surface area contributed by atoms with Crippen molar-refractivity contribution < 1.29 is 19.1 Å². The molecule has 0 aromatic carbocycles. The van der Waals surface area contributed by atoms with Crippen LogP contribution in [0.2, 0.25) is 0 Å². The fourth-order valence-electron chi connectivity index (χ4n) is 1.21. The summed E-state index contributed by atoms with van der Waals surface area (Å²) >= 11 is 1.28. The Balaban J connectivity index is 2.74. The molecule has 0 aliphatic rings. The van der Waals surface area contributed by atoms with Gasteiger partial charge in [0.1, 0.15) is 5.03 Å². The van der Waals surface area contributed by atoms with Gasteiger partial charge in [-0.05, 0) is 25.3 Å². The van der Waals surface area contributed by atoms with Crippen molar-refractivity contribution in [2.24, 2.45) is 5.73 Å². The molecule has 1 atom stereocenters. The number of hydrogen-bond donors (Lipinski definition) is 2. The van der Waals surface area contributed by atoms with E-state index in [9.17, 15) is 14.4 Å². The molecule has 0 fully saturated rings. The summed E-state index contributed by atoms with van der Waals surface area (Å²) in [5.41, 5.74) is 5.05. The highest BCUT2D eigenvalue weighted by atomic mass is 32.2. The van der Waals surface area contributed by atoms with Crippen molar-refractivity contribution in [3.05, 3.63) is 23.9 Å².